The number of rotatable bonds is 4. The fourth-order valence-corrected chi connectivity index (χ4v) is 3.77. The number of thiazole rings is 1. The van der Waals surface area contributed by atoms with E-state index in [1.165, 1.54) is 0 Å². The SMILES string of the molecule is Cc1nc(C)c(CNC(=O)NC2CCCN(c3ccn(C)n3)C2=O)s1. The molecule has 3 heterocycles. The number of hydrogen-bond acceptors (Lipinski definition) is 5. The van der Waals surface area contributed by atoms with Gasteiger partial charge in [0.05, 0.1) is 17.2 Å². The topological polar surface area (TPSA) is 92.2 Å². The molecule has 0 spiro atoms. The number of nitrogens with one attached hydrogen (secondary N) is 2. The number of nitrogens with zero attached hydrogens (tertiary/aromatic N) is 4. The molecule has 1 fully saturated rings. The van der Waals surface area contributed by atoms with Crippen molar-refractivity contribution in [2.75, 3.05) is 11.4 Å². The molecule has 2 N–H and O–H groups in total. The fraction of sp³-hybridized carbons (Fsp3) is 0.500. The van der Waals surface area contributed by atoms with Crippen molar-refractivity contribution in [3.63, 3.8) is 0 Å². The van der Waals surface area contributed by atoms with Crippen LogP contribution in [0.4, 0.5) is 10.6 Å². The zero-order valence-corrected chi connectivity index (χ0v) is 15.4. The molecule has 2 aromatic heterocycles. The first-order valence-corrected chi connectivity index (χ1v) is 9.04. The van der Waals surface area contributed by atoms with Gasteiger partial charge in [0.15, 0.2) is 5.82 Å². The number of anilines is 1. The molecule has 1 aliphatic heterocycles. The Morgan fingerprint density at radius 1 is 1.44 bits per heavy atom. The van der Waals surface area contributed by atoms with Crippen LogP contribution in [0.2, 0.25) is 0 Å². The Bertz CT molecular complexity index is 783. The van der Waals surface area contributed by atoms with E-state index in [2.05, 4.69) is 20.7 Å². The highest BCUT2D eigenvalue weighted by Gasteiger charge is 2.31. The highest BCUT2D eigenvalue weighted by atomic mass is 32.1. The molecule has 1 aliphatic rings. The summed E-state index contributed by atoms with van der Waals surface area (Å²) in [6.07, 6.45) is 3.25. The van der Waals surface area contributed by atoms with E-state index in [-0.39, 0.29) is 11.9 Å². The number of carbonyl (C=O) groups excluding carboxylic acids is 2. The smallest absolute Gasteiger partial charge is 0.315 e. The van der Waals surface area contributed by atoms with E-state index in [9.17, 15) is 9.59 Å². The van der Waals surface area contributed by atoms with Crippen LogP contribution in [0.3, 0.4) is 0 Å². The Kier molecular flexibility index (Phi) is 5.03. The lowest BCUT2D eigenvalue weighted by Gasteiger charge is -2.31. The third-order valence-corrected chi connectivity index (χ3v) is 5.20. The fourth-order valence-electron chi connectivity index (χ4n) is 2.89. The first kappa shape index (κ1) is 17.4. The second-order valence-electron chi connectivity index (χ2n) is 6.10. The van der Waals surface area contributed by atoms with Crippen molar-refractivity contribution in [1.82, 2.24) is 25.4 Å². The summed E-state index contributed by atoms with van der Waals surface area (Å²) in [6.45, 7) is 4.89. The number of carbonyl (C=O) groups is 2. The monoisotopic (exact) mass is 362 g/mol. The van der Waals surface area contributed by atoms with Gasteiger partial charge in [-0.1, -0.05) is 0 Å². The summed E-state index contributed by atoms with van der Waals surface area (Å²) in [6, 6.07) is 0.932. The van der Waals surface area contributed by atoms with Crippen molar-refractivity contribution in [3.05, 3.63) is 27.8 Å². The first-order valence-electron chi connectivity index (χ1n) is 8.22. The molecule has 1 saturated heterocycles. The number of aryl methyl sites for hydroxylation is 3. The van der Waals surface area contributed by atoms with Gasteiger partial charge in [-0.05, 0) is 26.7 Å². The van der Waals surface area contributed by atoms with Crippen molar-refractivity contribution in [2.45, 2.75) is 39.3 Å². The second-order valence-corrected chi connectivity index (χ2v) is 7.39. The lowest BCUT2D eigenvalue weighted by Crippen LogP contribution is -2.54. The zero-order chi connectivity index (χ0) is 18.0. The van der Waals surface area contributed by atoms with E-state index in [1.807, 2.05) is 20.9 Å². The molecule has 0 aliphatic carbocycles. The Hall–Kier alpha value is -2.42. The maximum atomic E-state index is 12.6. The summed E-state index contributed by atoms with van der Waals surface area (Å²) >= 11 is 1.56. The van der Waals surface area contributed by atoms with Gasteiger partial charge in [0.2, 0.25) is 0 Å². The lowest BCUT2D eigenvalue weighted by atomic mass is 10.1. The van der Waals surface area contributed by atoms with Gasteiger partial charge in [-0.25, -0.2) is 9.78 Å². The molecular weight excluding hydrogens is 340 g/mol. The van der Waals surface area contributed by atoms with Crippen LogP contribution in [0, 0.1) is 13.8 Å². The van der Waals surface area contributed by atoms with Crippen LogP contribution in [-0.2, 0) is 18.4 Å². The highest BCUT2D eigenvalue weighted by molar-refractivity contribution is 7.11. The van der Waals surface area contributed by atoms with Gasteiger partial charge in [-0.3, -0.25) is 14.4 Å². The molecule has 1 atom stereocenters. The van der Waals surface area contributed by atoms with Crippen LogP contribution in [0.1, 0.15) is 28.4 Å². The predicted molar refractivity (Wildman–Crippen MR) is 95.5 cm³/mol. The maximum Gasteiger partial charge on any atom is 0.315 e. The molecular formula is C16H22N6O2S. The number of piperidine rings is 1. The lowest BCUT2D eigenvalue weighted by molar-refractivity contribution is -0.121. The molecule has 0 bridgehead atoms. The van der Waals surface area contributed by atoms with Gasteiger partial charge in [-0.15, -0.1) is 11.3 Å². The summed E-state index contributed by atoms with van der Waals surface area (Å²) in [4.78, 5) is 31.8. The Labute approximate surface area is 150 Å². The minimum absolute atomic E-state index is 0.120. The Morgan fingerprint density at radius 2 is 2.24 bits per heavy atom. The molecule has 3 amide bonds. The van der Waals surface area contributed by atoms with Crippen LogP contribution in [0.15, 0.2) is 12.3 Å². The molecule has 9 heteroatoms. The third-order valence-electron chi connectivity index (χ3n) is 4.13. The third kappa shape index (κ3) is 3.98. The van der Waals surface area contributed by atoms with E-state index in [4.69, 9.17) is 0 Å². The van der Waals surface area contributed by atoms with Crippen molar-refractivity contribution in [2.24, 2.45) is 7.05 Å². The molecule has 134 valence electrons. The van der Waals surface area contributed by atoms with E-state index < -0.39 is 6.04 Å². The summed E-state index contributed by atoms with van der Waals surface area (Å²) in [7, 11) is 1.81. The van der Waals surface area contributed by atoms with Crippen LogP contribution < -0.4 is 15.5 Å². The van der Waals surface area contributed by atoms with Crippen molar-refractivity contribution < 1.29 is 9.59 Å². The first-order chi connectivity index (χ1) is 11.9. The van der Waals surface area contributed by atoms with Gasteiger partial charge in [0.1, 0.15) is 6.04 Å². The molecule has 3 rings (SSSR count). The molecule has 1 unspecified atom stereocenters. The largest absolute Gasteiger partial charge is 0.333 e. The minimum atomic E-state index is -0.528. The normalized spacial score (nSPS) is 17.6. The molecule has 25 heavy (non-hydrogen) atoms. The summed E-state index contributed by atoms with van der Waals surface area (Å²) in [5.74, 6) is 0.500. The molecule has 0 aromatic carbocycles. The number of hydrogen-bond donors (Lipinski definition) is 2. The van der Waals surface area contributed by atoms with Crippen LogP contribution >= 0.6 is 11.3 Å². The predicted octanol–water partition coefficient (Wildman–Crippen LogP) is 1.49. The number of aromatic nitrogens is 3. The Morgan fingerprint density at radius 3 is 2.88 bits per heavy atom. The molecule has 8 nitrogen and oxygen atoms in total. The van der Waals surface area contributed by atoms with Crippen molar-refractivity contribution >= 4 is 29.1 Å². The highest BCUT2D eigenvalue weighted by Crippen LogP contribution is 2.19. The van der Waals surface area contributed by atoms with Crippen LogP contribution in [0.25, 0.3) is 0 Å². The minimum Gasteiger partial charge on any atom is -0.333 e. The summed E-state index contributed by atoms with van der Waals surface area (Å²) in [5.41, 5.74) is 0.929. The van der Waals surface area contributed by atoms with Crippen LogP contribution in [0.5, 0.6) is 0 Å². The van der Waals surface area contributed by atoms with Crippen LogP contribution in [-0.4, -0.2) is 39.3 Å². The van der Waals surface area contributed by atoms with E-state index in [0.717, 1.165) is 22.0 Å². The molecule has 2 aromatic rings. The summed E-state index contributed by atoms with van der Waals surface area (Å²) < 4.78 is 1.66. The van der Waals surface area contributed by atoms with Gasteiger partial charge < -0.3 is 10.6 Å². The number of amides is 3. The molecule has 0 radical (unpaired) electrons. The van der Waals surface area contributed by atoms with E-state index in [1.54, 1.807) is 33.2 Å². The summed E-state index contributed by atoms with van der Waals surface area (Å²) in [5, 5.41) is 10.8. The van der Waals surface area contributed by atoms with Gasteiger partial charge in [-0.2, -0.15) is 5.10 Å². The van der Waals surface area contributed by atoms with E-state index >= 15 is 0 Å². The quantitative estimate of drug-likeness (QED) is 0.862. The second kappa shape index (κ2) is 7.22. The van der Waals surface area contributed by atoms with Gasteiger partial charge >= 0.3 is 6.03 Å². The van der Waals surface area contributed by atoms with Crippen molar-refractivity contribution in [1.29, 1.82) is 0 Å². The maximum absolute atomic E-state index is 12.6. The zero-order valence-electron chi connectivity index (χ0n) is 14.6. The average molecular weight is 362 g/mol. The van der Waals surface area contributed by atoms with Gasteiger partial charge in [0, 0.05) is 30.7 Å². The average Bonchev–Trinajstić information content (AvgIpc) is 3.12. The standard InChI is InChI=1S/C16H22N6O2S/c1-10-13(25-11(2)18-10)9-17-16(24)19-12-5-4-7-22(15(12)23)14-6-8-21(3)20-14/h6,8,12H,4-5,7,9H2,1-3H3,(H2,17,19,24). The number of urea groups is 1. The van der Waals surface area contributed by atoms with Gasteiger partial charge in [0.25, 0.3) is 5.91 Å². The Balaban J connectivity index is 1.57. The molecule has 0 saturated carbocycles. The van der Waals surface area contributed by atoms with Crippen molar-refractivity contribution in [3.8, 4) is 0 Å². The van der Waals surface area contributed by atoms with E-state index in [0.29, 0.717) is 25.3 Å².